The molecular weight excluding hydrogens is 300 g/mol. The van der Waals surface area contributed by atoms with Gasteiger partial charge in [0.15, 0.2) is 0 Å². The Morgan fingerprint density at radius 3 is 1.76 bits per heavy atom. The second-order valence-corrected chi connectivity index (χ2v) is 8.94. The van der Waals surface area contributed by atoms with Crippen LogP contribution >= 0.6 is 0 Å². The van der Waals surface area contributed by atoms with E-state index >= 15 is 0 Å². The van der Waals surface area contributed by atoms with E-state index in [4.69, 9.17) is 0 Å². The first-order valence-corrected chi connectivity index (χ1v) is 11.6. The van der Waals surface area contributed by atoms with Crippen LogP contribution in [0, 0.1) is 23.7 Å². The first-order chi connectivity index (χ1) is 12.3. The van der Waals surface area contributed by atoms with Crippen molar-refractivity contribution < 1.29 is 0 Å². The Balaban J connectivity index is 1.52. The minimum absolute atomic E-state index is 0.882. The molecule has 0 aromatic heterocycles. The SMILES string of the molecule is CC/C=C/[C@H]1CC[C@H](C/C=C\C[C@H]2CC[C@H](CCCCC)CC2)CC1. The molecule has 0 spiro atoms. The second kappa shape index (κ2) is 12.8. The van der Waals surface area contributed by atoms with Crippen molar-refractivity contribution in [2.75, 3.05) is 0 Å². The highest BCUT2D eigenvalue weighted by atomic mass is 14.3. The molecule has 25 heavy (non-hydrogen) atoms. The van der Waals surface area contributed by atoms with Crippen molar-refractivity contribution in [2.24, 2.45) is 23.7 Å². The summed E-state index contributed by atoms with van der Waals surface area (Å²) < 4.78 is 0. The van der Waals surface area contributed by atoms with Gasteiger partial charge in [-0.2, -0.15) is 0 Å². The van der Waals surface area contributed by atoms with Gasteiger partial charge in [0.1, 0.15) is 0 Å². The van der Waals surface area contributed by atoms with Crippen LogP contribution in [0.3, 0.4) is 0 Å². The van der Waals surface area contributed by atoms with Gasteiger partial charge in [-0.25, -0.2) is 0 Å². The molecule has 0 saturated heterocycles. The summed E-state index contributed by atoms with van der Waals surface area (Å²) in [4.78, 5) is 0. The summed E-state index contributed by atoms with van der Waals surface area (Å²) in [5.41, 5.74) is 0. The molecule has 0 amide bonds. The smallest absolute Gasteiger partial charge is 0.0233 e. The summed E-state index contributed by atoms with van der Waals surface area (Å²) in [5, 5.41) is 0. The van der Waals surface area contributed by atoms with Crippen molar-refractivity contribution >= 4 is 0 Å². The summed E-state index contributed by atoms with van der Waals surface area (Å²) >= 11 is 0. The highest BCUT2D eigenvalue weighted by molar-refractivity contribution is 4.93. The molecular formula is C25H44. The Kier molecular flexibility index (Phi) is 10.6. The van der Waals surface area contributed by atoms with Gasteiger partial charge in [0, 0.05) is 0 Å². The molecule has 2 aliphatic rings. The second-order valence-electron chi connectivity index (χ2n) is 8.94. The normalized spacial score (nSPS) is 31.1. The van der Waals surface area contributed by atoms with E-state index in [0.717, 1.165) is 23.7 Å². The maximum atomic E-state index is 2.53. The predicted octanol–water partition coefficient (Wildman–Crippen LogP) is 8.48. The van der Waals surface area contributed by atoms with Crippen LogP contribution in [-0.2, 0) is 0 Å². The van der Waals surface area contributed by atoms with E-state index in [1.807, 2.05) is 0 Å². The van der Waals surface area contributed by atoms with E-state index in [2.05, 4.69) is 38.2 Å². The van der Waals surface area contributed by atoms with Crippen LogP contribution in [0.25, 0.3) is 0 Å². The lowest BCUT2D eigenvalue weighted by molar-refractivity contribution is 0.259. The number of rotatable bonds is 10. The molecule has 0 aromatic carbocycles. The van der Waals surface area contributed by atoms with Gasteiger partial charge in [0.2, 0.25) is 0 Å². The molecule has 2 rings (SSSR count). The fourth-order valence-corrected chi connectivity index (χ4v) is 4.96. The van der Waals surface area contributed by atoms with Crippen LogP contribution < -0.4 is 0 Å². The minimum atomic E-state index is 0.882. The molecule has 144 valence electrons. The number of hydrogen-bond donors (Lipinski definition) is 0. The molecule has 0 radical (unpaired) electrons. The largest absolute Gasteiger partial charge is 0.0885 e. The van der Waals surface area contributed by atoms with Gasteiger partial charge in [-0.15, -0.1) is 0 Å². The van der Waals surface area contributed by atoms with E-state index in [9.17, 15) is 0 Å². The molecule has 2 saturated carbocycles. The fraction of sp³-hybridized carbons (Fsp3) is 0.840. The van der Waals surface area contributed by atoms with Gasteiger partial charge in [-0.3, -0.25) is 0 Å². The summed E-state index contributed by atoms with van der Waals surface area (Å²) in [6.45, 7) is 4.56. The molecule has 0 heterocycles. The van der Waals surface area contributed by atoms with E-state index in [1.165, 1.54) is 96.3 Å². The van der Waals surface area contributed by atoms with Crippen molar-refractivity contribution in [1.29, 1.82) is 0 Å². The summed E-state index contributed by atoms with van der Waals surface area (Å²) in [6, 6.07) is 0. The van der Waals surface area contributed by atoms with Gasteiger partial charge in [-0.1, -0.05) is 76.7 Å². The first kappa shape index (κ1) is 20.8. The summed E-state index contributed by atoms with van der Waals surface area (Å²) in [7, 11) is 0. The molecule has 0 unspecified atom stereocenters. The van der Waals surface area contributed by atoms with E-state index < -0.39 is 0 Å². The maximum Gasteiger partial charge on any atom is -0.0233 e. The topological polar surface area (TPSA) is 0 Å². The maximum absolute atomic E-state index is 2.53. The lowest BCUT2D eigenvalue weighted by atomic mass is 9.78. The average molecular weight is 345 g/mol. The molecule has 0 heteroatoms. The number of allylic oxidation sites excluding steroid dienone is 4. The molecule has 2 fully saturated rings. The van der Waals surface area contributed by atoms with Crippen LogP contribution in [-0.4, -0.2) is 0 Å². The first-order valence-electron chi connectivity index (χ1n) is 11.6. The monoisotopic (exact) mass is 344 g/mol. The quantitative estimate of drug-likeness (QED) is 0.275. The number of unbranched alkanes of at least 4 members (excludes halogenated alkanes) is 2. The zero-order valence-electron chi connectivity index (χ0n) is 17.2. The lowest BCUT2D eigenvalue weighted by Crippen LogP contribution is -2.14. The highest BCUT2D eigenvalue weighted by Crippen LogP contribution is 2.34. The van der Waals surface area contributed by atoms with Gasteiger partial charge < -0.3 is 0 Å². The minimum Gasteiger partial charge on any atom is -0.0885 e. The Morgan fingerprint density at radius 2 is 1.20 bits per heavy atom. The Bertz CT molecular complexity index is 361. The highest BCUT2D eigenvalue weighted by Gasteiger charge is 2.20. The van der Waals surface area contributed by atoms with Crippen LogP contribution in [0.5, 0.6) is 0 Å². The summed E-state index contributed by atoms with van der Waals surface area (Å²) in [6.07, 6.45) is 31.4. The third-order valence-corrected chi connectivity index (χ3v) is 6.82. The standard InChI is InChI=1S/C25H44/c1-3-5-7-11-23-18-20-25(21-19-23)13-9-8-12-24-16-14-22(15-17-24)10-6-4-2/h6,8-10,22-25H,3-5,7,11-21H2,1-2H3/b9-8-,10-6+/t22-,23-,24-,25-. The zero-order chi connectivity index (χ0) is 17.7. The van der Waals surface area contributed by atoms with E-state index in [0.29, 0.717) is 0 Å². The zero-order valence-corrected chi connectivity index (χ0v) is 17.2. The number of hydrogen-bond acceptors (Lipinski definition) is 0. The van der Waals surface area contributed by atoms with E-state index in [-0.39, 0.29) is 0 Å². The third kappa shape index (κ3) is 8.61. The fourth-order valence-electron chi connectivity index (χ4n) is 4.96. The van der Waals surface area contributed by atoms with Crippen LogP contribution in [0.15, 0.2) is 24.3 Å². The lowest BCUT2D eigenvalue weighted by Gasteiger charge is -2.28. The third-order valence-electron chi connectivity index (χ3n) is 6.82. The van der Waals surface area contributed by atoms with Crippen molar-refractivity contribution in [3.05, 3.63) is 24.3 Å². The van der Waals surface area contributed by atoms with Gasteiger partial charge in [-0.05, 0) is 81.5 Å². The van der Waals surface area contributed by atoms with Gasteiger partial charge >= 0.3 is 0 Å². The Morgan fingerprint density at radius 1 is 0.640 bits per heavy atom. The molecule has 2 aliphatic carbocycles. The predicted molar refractivity (Wildman–Crippen MR) is 113 cm³/mol. The van der Waals surface area contributed by atoms with E-state index in [1.54, 1.807) is 0 Å². The van der Waals surface area contributed by atoms with Crippen molar-refractivity contribution in [3.8, 4) is 0 Å². The molecule has 0 nitrogen and oxygen atoms in total. The van der Waals surface area contributed by atoms with Crippen molar-refractivity contribution in [2.45, 2.75) is 110 Å². The summed E-state index contributed by atoms with van der Waals surface area (Å²) in [5.74, 6) is 3.90. The Hall–Kier alpha value is -0.520. The van der Waals surface area contributed by atoms with Crippen LogP contribution in [0.4, 0.5) is 0 Å². The van der Waals surface area contributed by atoms with Crippen LogP contribution in [0.2, 0.25) is 0 Å². The molecule has 0 atom stereocenters. The van der Waals surface area contributed by atoms with Gasteiger partial charge in [0.25, 0.3) is 0 Å². The molecule has 0 aromatic rings. The molecule has 0 bridgehead atoms. The van der Waals surface area contributed by atoms with Crippen molar-refractivity contribution in [1.82, 2.24) is 0 Å². The van der Waals surface area contributed by atoms with Crippen LogP contribution in [0.1, 0.15) is 110 Å². The van der Waals surface area contributed by atoms with Gasteiger partial charge in [0.05, 0.1) is 0 Å². The average Bonchev–Trinajstić information content (AvgIpc) is 2.66. The van der Waals surface area contributed by atoms with Crippen molar-refractivity contribution in [3.63, 3.8) is 0 Å². The molecule has 0 aliphatic heterocycles. The Labute approximate surface area is 158 Å². The molecule has 0 N–H and O–H groups in total.